The van der Waals surface area contributed by atoms with Gasteiger partial charge >= 0.3 is 4.87 Å². The molecule has 1 heterocycles. The zero-order valence-corrected chi connectivity index (χ0v) is 10.8. The summed E-state index contributed by atoms with van der Waals surface area (Å²) in [7, 11) is 0. The lowest BCUT2D eigenvalue weighted by molar-refractivity contribution is 0.0766. The van der Waals surface area contributed by atoms with Gasteiger partial charge in [-0.2, -0.15) is 0 Å². The van der Waals surface area contributed by atoms with Crippen molar-refractivity contribution in [2.45, 2.75) is 33.6 Å². The van der Waals surface area contributed by atoms with Crippen LogP contribution < -0.4 is 4.87 Å². The number of hydrogen-bond acceptors (Lipinski definition) is 3. The maximum absolute atomic E-state index is 12.1. The van der Waals surface area contributed by atoms with E-state index in [1.807, 2.05) is 6.92 Å². The molecule has 1 N–H and O–H groups in total. The van der Waals surface area contributed by atoms with Crippen LogP contribution in [0.3, 0.4) is 0 Å². The molecule has 1 rings (SSSR count). The number of aryl methyl sites for hydroxylation is 1. The molecule has 16 heavy (non-hydrogen) atoms. The van der Waals surface area contributed by atoms with Crippen molar-refractivity contribution in [1.29, 1.82) is 0 Å². The SMILES string of the molecule is CCCCN(CC)C(=O)c1sc(=O)[nH]c1C. The fraction of sp³-hybridized carbons (Fsp3) is 0.636. The van der Waals surface area contributed by atoms with E-state index in [0.717, 1.165) is 30.7 Å². The lowest BCUT2D eigenvalue weighted by Crippen LogP contribution is -2.31. The predicted molar refractivity (Wildman–Crippen MR) is 66.2 cm³/mol. The summed E-state index contributed by atoms with van der Waals surface area (Å²) in [6.45, 7) is 7.26. The van der Waals surface area contributed by atoms with E-state index in [0.29, 0.717) is 17.1 Å². The Morgan fingerprint density at radius 1 is 1.44 bits per heavy atom. The highest BCUT2D eigenvalue weighted by Crippen LogP contribution is 2.12. The molecular formula is C11H18N2O2S. The third kappa shape index (κ3) is 2.95. The fourth-order valence-corrected chi connectivity index (χ4v) is 2.31. The van der Waals surface area contributed by atoms with Crippen molar-refractivity contribution in [2.75, 3.05) is 13.1 Å². The summed E-state index contributed by atoms with van der Waals surface area (Å²) in [6, 6.07) is 0. The van der Waals surface area contributed by atoms with Gasteiger partial charge in [-0.3, -0.25) is 9.59 Å². The van der Waals surface area contributed by atoms with Crippen molar-refractivity contribution in [1.82, 2.24) is 9.88 Å². The highest BCUT2D eigenvalue weighted by atomic mass is 32.1. The number of rotatable bonds is 5. The number of amides is 1. The molecule has 1 aromatic rings. The van der Waals surface area contributed by atoms with E-state index in [4.69, 9.17) is 0 Å². The third-order valence-electron chi connectivity index (χ3n) is 2.47. The second-order valence-electron chi connectivity index (χ2n) is 3.71. The Labute approximate surface area is 99.3 Å². The molecule has 1 amide bonds. The Morgan fingerprint density at radius 2 is 2.12 bits per heavy atom. The first-order valence-electron chi connectivity index (χ1n) is 5.59. The molecule has 90 valence electrons. The van der Waals surface area contributed by atoms with E-state index in [9.17, 15) is 9.59 Å². The summed E-state index contributed by atoms with van der Waals surface area (Å²) in [5.74, 6) is -0.0307. The zero-order chi connectivity index (χ0) is 12.1. The monoisotopic (exact) mass is 242 g/mol. The minimum atomic E-state index is -0.160. The van der Waals surface area contributed by atoms with Gasteiger partial charge in [0.05, 0.1) is 0 Å². The molecule has 0 spiro atoms. The minimum Gasteiger partial charge on any atom is -0.338 e. The van der Waals surface area contributed by atoms with Gasteiger partial charge in [0.25, 0.3) is 5.91 Å². The molecule has 0 radical (unpaired) electrons. The summed E-state index contributed by atoms with van der Waals surface area (Å²) in [6.07, 6.45) is 2.06. The molecule has 4 nitrogen and oxygen atoms in total. The molecule has 0 saturated heterocycles. The number of aromatic nitrogens is 1. The summed E-state index contributed by atoms with van der Waals surface area (Å²) in [5.41, 5.74) is 0.676. The van der Waals surface area contributed by atoms with Crippen molar-refractivity contribution in [3.8, 4) is 0 Å². The van der Waals surface area contributed by atoms with Crippen molar-refractivity contribution in [3.05, 3.63) is 20.2 Å². The summed E-state index contributed by atoms with van der Waals surface area (Å²) < 4.78 is 0. The Bertz CT molecular complexity index is 408. The summed E-state index contributed by atoms with van der Waals surface area (Å²) in [5, 5.41) is 0. The van der Waals surface area contributed by atoms with E-state index in [1.165, 1.54) is 0 Å². The molecule has 0 aromatic carbocycles. The number of carbonyl (C=O) groups is 1. The van der Waals surface area contributed by atoms with E-state index in [1.54, 1.807) is 11.8 Å². The minimum absolute atomic E-state index is 0.0307. The number of H-pyrrole nitrogens is 1. The average molecular weight is 242 g/mol. The van der Waals surface area contributed by atoms with Crippen LogP contribution in [0.4, 0.5) is 0 Å². The Kier molecular flexibility index (Phi) is 4.73. The number of nitrogens with zero attached hydrogens (tertiary/aromatic N) is 1. The quantitative estimate of drug-likeness (QED) is 0.858. The molecule has 0 aliphatic carbocycles. The van der Waals surface area contributed by atoms with Crippen LogP contribution in [0.1, 0.15) is 42.1 Å². The van der Waals surface area contributed by atoms with Gasteiger partial charge in [-0.15, -0.1) is 0 Å². The standard InChI is InChI=1S/C11H18N2O2S/c1-4-6-7-13(5-2)10(14)9-8(3)12-11(15)16-9/h4-7H2,1-3H3,(H,12,15). The number of nitrogens with one attached hydrogen (secondary N) is 1. The van der Waals surface area contributed by atoms with Crippen LogP contribution in [0.25, 0.3) is 0 Å². The number of hydrogen-bond donors (Lipinski definition) is 1. The second kappa shape index (κ2) is 5.84. The summed E-state index contributed by atoms with van der Waals surface area (Å²) >= 11 is 0.997. The molecule has 0 aliphatic heterocycles. The lowest BCUT2D eigenvalue weighted by atomic mass is 10.3. The smallest absolute Gasteiger partial charge is 0.305 e. The van der Waals surface area contributed by atoms with Gasteiger partial charge in [0.15, 0.2) is 0 Å². The zero-order valence-electron chi connectivity index (χ0n) is 10.0. The molecule has 0 unspecified atom stereocenters. The van der Waals surface area contributed by atoms with Crippen LogP contribution in [0.5, 0.6) is 0 Å². The Morgan fingerprint density at radius 3 is 2.56 bits per heavy atom. The van der Waals surface area contributed by atoms with E-state index in [-0.39, 0.29) is 10.8 Å². The van der Waals surface area contributed by atoms with E-state index in [2.05, 4.69) is 11.9 Å². The number of carbonyl (C=O) groups excluding carboxylic acids is 1. The van der Waals surface area contributed by atoms with Gasteiger partial charge in [0, 0.05) is 18.8 Å². The van der Waals surface area contributed by atoms with Crippen molar-refractivity contribution in [3.63, 3.8) is 0 Å². The van der Waals surface area contributed by atoms with Crippen molar-refractivity contribution < 1.29 is 4.79 Å². The number of unbranched alkanes of at least 4 members (excludes halogenated alkanes) is 1. The number of aromatic amines is 1. The van der Waals surface area contributed by atoms with Gasteiger partial charge < -0.3 is 9.88 Å². The van der Waals surface area contributed by atoms with Crippen LogP contribution in [0.15, 0.2) is 4.79 Å². The molecule has 0 aliphatic rings. The van der Waals surface area contributed by atoms with Gasteiger partial charge in [0.1, 0.15) is 4.88 Å². The largest absolute Gasteiger partial charge is 0.338 e. The lowest BCUT2D eigenvalue weighted by Gasteiger charge is -2.19. The van der Waals surface area contributed by atoms with Gasteiger partial charge in [-0.1, -0.05) is 24.7 Å². The topological polar surface area (TPSA) is 53.2 Å². The van der Waals surface area contributed by atoms with Gasteiger partial charge in [-0.25, -0.2) is 0 Å². The maximum atomic E-state index is 12.1. The van der Waals surface area contributed by atoms with E-state index < -0.39 is 0 Å². The molecule has 0 bridgehead atoms. The highest BCUT2D eigenvalue weighted by Gasteiger charge is 2.18. The first-order chi connectivity index (χ1) is 7.60. The number of thiazole rings is 1. The molecule has 0 atom stereocenters. The van der Waals surface area contributed by atoms with Gasteiger partial charge in [0.2, 0.25) is 0 Å². The van der Waals surface area contributed by atoms with E-state index >= 15 is 0 Å². The predicted octanol–water partition coefficient (Wildman–Crippen LogP) is 2.01. The van der Waals surface area contributed by atoms with Crippen LogP contribution in [0.2, 0.25) is 0 Å². The molecular weight excluding hydrogens is 224 g/mol. The molecule has 0 saturated carbocycles. The molecule has 1 aromatic heterocycles. The highest BCUT2D eigenvalue weighted by molar-refractivity contribution is 7.11. The first kappa shape index (κ1) is 13.0. The van der Waals surface area contributed by atoms with Crippen LogP contribution >= 0.6 is 11.3 Å². The third-order valence-corrected chi connectivity index (χ3v) is 3.44. The average Bonchev–Trinajstić information content (AvgIpc) is 2.58. The van der Waals surface area contributed by atoms with Crippen LogP contribution in [-0.4, -0.2) is 28.9 Å². The fourth-order valence-electron chi connectivity index (χ4n) is 1.50. The Hall–Kier alpha value is -1.10. The van der Waals surface area contributed by atoms with Crippen molar-refractivity contribution >= 4 is 17.2 Å². The summed E-state index contributed by atoms with van der Waals surface area (Å²) in [4.78, 5) is 28.0. The second-order valence-corrected chi connectivity index (χ2v) is 4.69. The van der Waals surface area contributed by atoms with Gasteiger partial charge in [-0.05, 0) is 20.3 Å². The normalized spacial score (nSPS) is 10.4. The van der Waals surface area contributed by atoms with Crippen LogP contribution in [0, 0.1) is 6.92 Å². The Balaban J connectivity index is 2.82. The first-order valence-corrected chi connectivity index (χ1v) is 6.40. The van der Waals surface area contributed by atoms with Crippen molar-refractivity contribution in [2.24, 2.45) is 0 Å². The molecule has 5 heteroatoms. The maximum Gasteiger partial charge on any atom is 0.305 e. The molecule has 0 fully saturated rings. The van der Waals surface area contributed by atoms with Crippen LogP contribution in [-0.2, 0) is 0 Å².